The summed E-state index contributed by atoms with van der Waals surface area (Å²) in [6, 6.07) is 21.7. The first-order valence-electron chi connectivity index (χ1n) is 8.75. The SMILES string of the molecule is CCC[C@H](Sc1ccccc1)[C@@H]1C[C@H](c2ccccc2)CCO1. The van der Waals surface area contributed by atoms with Crippen molar-refractivity contribution in [3.63, 3.8) is 0 Å². The van der Waals surface area contributed by atoms with Crippen LogP contribution >= 0.6 is 11.8 Å². The molecule has 1 fully saturated rings. The van der Waals surface area contributed by atoms with E-state index in [1.54, 1.807) is 0 Å². The van der Waals surface area contributed by atoms with Gasteiger partial charge in [-0.2, -0.15) is 0 Å². The molecular weight excluding hydrogens is 300 g/mol. The molecule has 23 heavy (non-hydrogen) atoms. The second-order valence-electron chi connectivity index (χ2n) is 6.30. The largest absolute Gasteiger partial charge is 0.377 e. The van der Waals surface area contributed by atoms with E-state index in [2.05, 4.69) is 67.6 Å². The lowest BCUT2D eigenvalue weighted by molar-refractivity contribution is 0.00460. The van der Waals surface area contributed by atoms with Gasteiger partial charge in [-0.15, -0.1) is 11.8 Å². The minimum atomic E-state index is 0.360. The zero-order chi connectivity index (χ0) is 15.9. The Morgan fingerprint density at radius 3 is 2.43 bits per heavy atom. The highest BCUT2D eigenvalue weighted by Gasteiger charge is 2.30. The Hall–Kier alpha value is -1.25. The molecule has 1 aliphatic rings. The molecule has 122 valence electrons. The molecule has 2 aromatic carbocycles. The Balaban J connectivity index is 1.69. The predicted octanol–water partition coefficient (Wildman–Crippen LogP) is 5.91. The third-order valence-electron chi connectivity index (χ3n) is 4.60. The maximum atomic E-state index is 6.20. The van der Waals surface area contributed by atoms with Crippen molar-refractivity contribution in [3.05, 3.63) is 66.2 Å². The molecule has 1 heterocycles. The number of benzene rings is 2. The normalized spacial score (nSPS) is 22.7. The Kier molecular flexibility index (Phi) is 6.18. The van der Waals surface area contributed by atoms with E-state index in [0.717, 1.165) is 19.4 Å². The van der Waals surface area contributed by atoms with E-state index in [-0.39, 0.29) is 0 Å². The molecule has 1 saturated heterocycles. The molecule has 0 saturated carbocycles. The van der Waals surface area contributed by atoms with Crippen LogP contribution < -0.4 is 0 Å². The Labute approximate surface area is 144 Å². The van der Waals surface area contributed by atoms with Crippen LogP contribution in [0.3, 0.4) is 0 Å². The Morgan fingerprint density at radius 2 is 1.74 bits per heavy atom. The molecule has 2 heteroatoms. The van der Waals surface area contributed by atoms with E-state index in [1.807, 2.05) is 11.8 Å². The van der Waals surface area contributed by atoms with Crippen LogP contribution in [0.15, 0.2) is 65.6 Å². The monoisotopic (exact) mass is 326 g/mol. The van der Waals surface area contributed by atoms with Gasteiger partial charge in [-0.3, -0.25) is 0 Å². The molecular formula is C21H26OS. The zero-order valence-corrected chi connectivity index (χ0v) is 14.7. The van der Waals surface area contributed by atoms with Gasteiger partial charge in [-0.1, -0.05) is 61.9 Å². The molecule has 0 radical (unpaired) electrons. The zero-order valence-electron chi connectivity index (χ0n) is 13.9. The molecule has 0 unspecified atom stereocenters. The molecule has 0 spiro atoms. The molecule has 0 amide bonds. The smallest absolute Gasteiger partial charge is 0.0702 e. The van der Waals surface area contributed by atoms with Gasteiger partial charge in [-0.25, -0.2) is 0 Å². The van der Waals surface area contributed by atoms with Gasteiger partial charge in [0.2, 0.25) is 0 Å². The van der Waals surface area contributed by atoms with Crippen molar-refractivity contribution < 1.29 is 4.74 Å². The fourth-order valence-electron chi connectivity index (χ4n) is 3.39. The molecule has 2 aromatic rings. The summed E-state index contributed by atoms with van der Waals surface area (Å²) in [5, 5.41) is 0.550. The number of ether oxygens (including phenoxy) is 1. The van der Waals surface area contributed by atoms with Crippen LogP contribution in [0.1, 0.15) is 44.1 Å². The summed E-state index contributed by atoms with van der Waals surface area (Å²) in [4.78, 5) is 1.36. The molecule has 1 aliphatic heterocycles. The lowest BCUT2D eigenvalue weighted by Crippen LogP contribution is -2.33. The maximum absolute atomic E-state index is 6.20. The molecule has 0 aromatic heterocycles. The van der Waals surface area contributed by atoms with Gasteiger partial charge >= 0.3 is 0 Å². The Morgan fingerprint density at radius 1 is 1.04 bits per heavy atom. The highest BCUT2D eigenvalue weighted by atomic mass is 32.2. The van der Waals surface area contributed by atoms with Crippen LogP contribution in [-0.2, 0) is 4.74 Å². The molecule has 0 aliphatic carbocycles. The lowest BCUT2D eigenvalue weighted by Gasteiger charge is -2.34. The minimum Gasteiger partial charge on any atom is -0.377 e. The first-order chi connectivity index (χ1) is 11.4. The molecule has 3 atom stereocenters. The van der Waals surface area contributed by atoms with Crippen molar-refractivity contribution in [2.75, 3.05) is 6.61 Å². The average molecular weight is 327 g/mol. The quantitative estimate of drug-likeness (QED) is 0.610. The van der Waals surface area contributed by atoms with Gasteiger partial charge in [0.15, 0.2) is 0 Å². The summed E-state index contributed by atoms with van der Waals surface area (Å²) in [7, 11) is 0. The van der Waals surface area contributed by atoms with Gasteiger partial charge < -0.3 is 4.74 Å². The number of thioether (sulfide) groups is 1. The fraction of sp³-hybridized carbons (Fsp3) is 0.429. The number of rotatable bonds is 6. The second kappa shape index (κ2) is 8.56. The molecule has 0 N–H and O–H groups in total. The summed E-state index contributed by atoms with van der Waals surface area (Å²) in [6.07, 6.45) is 5.08. The van der Waals surface area contributed by atoms with E-state index in [9.17, 15) is 0 Å². The van der Waals surface area contributed by atoms with Crippen LogP contribution in [0.4, 0.5) is 0 Å². The van der Waals surface area contributed by atoms with Crippen LogP contribution in [0, 0.1) is 0 Å². The van der Waals surface area contributed by atoms with Crippen molar-refractivity contribution in [1.29, 1.82) is 0 Å². The number of hydrogen-bond acceptors (Lipinski definition) is 2. The van der Waals surface area contributed by atoms with Crippen molar-refractivity contribution >= 4 is 11.8 Å². The van der Waals surface area contributed by atoms with E-state index in [1.165, 1.54) is 23.3 Å². The summed E-state index contributed by atoms with van der Waals surface area (Å²) in [5.41, 5.74) is 1.47. The molecule has 1 nitrogen and oxygen atoms in total. The van der Waals surface area contributed by atoms with Crippen molar-refractivity contribution in [2.45, 2.75) is 54.8 Å². The first-order valence-corrected chi connectivity index (χ1v) is 9.63. The fourth-order valence-corrected chi connectivity index (χ4v) is 4.75. The summed E-state index contributed by atoms with van der Waals surface area (Å²) in [6.45, 7) is 3.16. The van der Waals surface area contributed by atoms with E-state index in [0.29, 0.717) is 17.3 Å². The van der Waals surface area contributed by atoms with Gasteiger partial charge in [0.25, 0.3) is 0 Å². The minimum absolute atomic E-state index is 0.360. The van der Waals surface area contributed by atoms with Gasteiger partial charge in [0.1, 0.15) is 0 Å². The molecule has 3 rings (SSSR count). The van der Waals surface area contributed by atoms with Crippen LogP contribution in [0.5, 0.6) is 0 Å². The van der Waals surface area contributed by atoms with Crippen molar-refractivity contribution in [3.8, 4) is 0 Å². The van der Waals surface area contributed by atoms with Crippen molar-refractivity contribution in [1.82, 2.24) is 0 Å². The summed E-state index contributed by atoms with van der Waals surface area (Å²) >= 11 is 1.99. The highest BCUT2D eigenvalue weighted by molar-refractivity contribution is 8.00. The first kappa shape index (κ1) is 16.6. The summed E-state index contributed by atoms with van der Waals surface area (Å²) in [5.74, 6) is 0.644. The van der Waals surface area contributed by atoms with Gasteiger partial charge in [0, 0.05) is 16.8 Å². The lowest BCUT2D eigenvalue weighted by atomic mass is 9.87. The van der Waals surface area contributed by atoms with Crippen LogP contribution in [-0.4, -0.2) is 18.0 Å². The van der Waals surface area contributed by atoms with Gasteiger partial charge in [0.05, 0.1) is 6.10 Å². The van der Waals surface area contributed by atoms with Gasteiger partial charge in [-0.05, 0) is 42.9 Å². The van der Waals surface area contributed by atoms with Crippen LogP contribution in [0.25, 0.3) is 0 Å². The van der Waals surface area contributed by atoms with E-state index >= 15 is 0 Å². The average Bonchev–Trinajstić information content (AvgIpc) is 2.63. The summed E-state index contributed by atoms with van der Waals surface area (Å²) < 4.78 is 6.20. The van der Waals surface area contributed by atoms with E-state index < -0.39 is 0 Å². The Bertz CT molecular complexity index is 569. The van der Waals surface area contributed by atoms with Crippen molar-refractivity contribution in [2.24, 2.45) is 0 Å². The standard InChI is InChI=1S/C21H26OS/c1-2-9-21(23-19-12-7-4-8-13-19)20-16-18(14-15-22-20)17-10-5-3-6-11-17/h3-8,10-13,18,20-21H,2,9,14-16H2,1H3/t18-,20+,21+/m1/s1. The highest BCUT2D eigenvalue weighted by Crippen LogP contribution is 2.37. The molecule has 0 bridgehead atoms. The topological polar surface area (TPSA) is 9.23 Å². The van der Waals surface area contributed by atoms with E-state index in [4.69, 9.17) is 4.74 Å². The third kappa shape index (κ3) is 4.62. The predicted molar refractivity (Wildman–Crippen MR) is 99.2 cm³/mol. The maximum Gasteiger partial charge on any atom is 0.0702 e. The third-order valence-corrected chi connectivity index (χ3v) is 5.99. The van der Waals surface area contributed by atoms with Crippen LogP contribution in [0.2, 0.25) is 0 Å². The second-order valence-corrected chi connectivity index (χ2v) is 7.61. The number of hydrogen-bond donors (Lipinski definition) is 0.